The number of ether oxygens (including phenoxy) is 2. The molecule has 0 radical (unpaired) electrons. The van der Waals surface area contributed by atoms with Crippen molar-refractivity contribution in [3.63, 3.8) is 0 Å². The summed E-state index contributed by atoms with van der Waals surface area (Å²) in [5.41, 5.74) is 0.319. The van der Waals surface area contributed by atoms with Gasteiger partial charge in [0.2, 0.25) is 0 Å². The highest BCUT2D eigenvalue weighted by Crippen LogP contribution is 2.22. The van der Waals surface area contributed by atoms with Crippen LogP contribution < -0.4 is 5.32 Å². The first kappa shape index (κ1) is 16.2. The standard InChI is InChI=1S/C14H13FN2O4/c1-8-4-9(15)5-11(10(8)7-16)17-12(14(19)21-3)6-13(18)20-2/h4-6,17H,1-3H3/b12-6+. The second kappa shape index (κ2) is 7.05. The van der Waals surface area contributed by atoms with Crippen LogP contribution >= 0.6 is 0 Å². The van der Waals surface area contributed by atoms with Gasteiger partial charge in [-0.3, -0.25) is 0 Å². The Bertz CT molecular complexity index is 647. The van der Waals surface area contributed by atoms with E-state index in [4.69, 9.17) is 5.26 Å². The molecular weight excluding hydrogens is 279 g/mol. The molecule has 0 atom stereocenters. The maximum atomic E-state index is 13.4. The Labute approximate surface area is 120 Å². The lowest BCUT2D eigenvalue weighted by molar-refractivity contribution is -0.138. The van der Waals surface area contributed by atoms with E-state index in [2.05, 4.69) is 14.8 Å². The van der Waals surface area contributed by atoms with Crippen LogP contribution in [0.1, 0.15) is 11.1 Å². The fourth-order valence-electron chi connectivity index (χ4n) is 1.57. The minimum atomic E-state index is -0.855. The lowest BCUT2D eigenvalue weighted by atomic mass is 10.1. The maximum absolute atomic E-state index is 13.4. The molecule has 0 heterocycles. The number of anilines is 1. The Kier molecular flexibility index (Phi) is 5.43. The van der Waals surface area contributed by atoms with Gasteiger partial charge in [0.25, 0.3) is 0 Å². The molecule has 1 rings (SSSR count). The summed E-state index contributed by atoms with van der Waals surface area (Å²) in [6.45, 7) is 1.55. The lowest BCUT2D eigenvalue weighted by Crippen LogP contribution is -2.16. The van der Waals surface area contributed by atoms with Gasteiger partial charge in [-0.05, 0) is 24.6 Å². The quantitative estimate of drug-likeness (QED) is 0.670. The number of methoxy groups -OCH3 is 2. The van der Waals surface area contributed by atoms with Crippen LogP contribution in [0.2, 0.25) is 0 Å². The Morgan fingerprint density at radius 3 is 2.52 bits per heavy atom. The first-order valence-electron chi connectivity index (χ1n) is 5.78. The van der Waals surface area contributed by atoms with Crippen molar-refractivity contribution >= 4 is 17.6 Å². The Morgan fingerprint density at radius 2 is 2.00 bits per heavy atom. The van der Waals surface area contributed by atoms with Crippen molar-refractivity contribution in [2.75, 3.05) is 19.5 Å². The summed E-state index contributed by atoms with van der Waals surface area (Å²) in [4.78, 5) is 22.8. The number of benzene rings is 1. The second-order valence-corrected chi connectivity index (χ2v) is 3.95. The molecule has 0 aliphatic heterocycles. The zero-order valence-electron chi connectivity index (χ0n) is 11.7. The lowest BCUT2D eigenvalue weighted by Gasteiger charge is -2.12. The van der Waals surface area contributed by atoms with Gasteiger partial charge in [0.15, 0.2) is 0 Å². The minimum absolute atomic E-state index is 0.0514. The zero-order chi connectivity index (χ0) is 16.0. The van der Waals surface area contributed by atoms with Crippen LogP contribution in [0.15, 0.2) is 23.9 Å². The smallest absolute Gasteiger partial charge is 0.354 e. The van der Waals surface area contributed by atoms with E-state index in [1.165, 1.54) is 6.07 Å². The maximum Gasteiger partial charge on any atom is 0.354 e. The number of nitriles is 1. The Morgan fingerprint density at radius 1 is 1.33 bits per heavy atom. The summed E-state index contributed by atoms with van der Waals surface area (Å²) >= 11 is 0. The third-order valence-corrected chi connectivity index (χ3v) is 2.55. The van der Waals surface area contributed by atoms with Crippen LogP contribution in [0.25, 0.3) is 0 Å². The normalized spacial score (nSPS) is 10.5. The number of halogens is 1. The van der Waals surface area contributed by atoms with Gasteiger partial charge in [-0.1, -0.05) is 0 Å². The van der Waals surface area contributed by atoms with E-state index in [1.54, 1.807) is 6.92 Å². The fourth-order valence-corrected chi connectivity index (χ4v) is 1.57. The molecule has 0 fully saturated rings. The van der Waals surface area contributed by atoms with Crippen molar-refractivity contribution < 1.29 is 23.5 Å². The number of aryl methyl sites for hydroxylation is 1. The van der Waals surface area contributed by atoms with Crippen molar-refractivity contribution in [2.45, 2.75) is 6.92 Å². The first-order valence-corrected chi connectivity index (χ1v) is 5.78. The van der Waals surface area contributed by atoms with Crippen LogP contribution in [-0.4, -0.2) is 26.2 Å². The second-order valence-electron chi connectivity index (χ2n) is 3.95. The molecule has 0 aliphatic carbocycles. The molecule has 6 nitrogen and oxygen atoms in total. The molecule has 0 unspecified atom stereocenters. The van der Waals surface area contributed by atoms with Crippen LogP contribution in [0.4, 0.5) is 10.1 Å². The molecule has 1 aromatic carbocycles. The van der Waals surface area contributed by atoms with Crippen LogP contribution in [0.5, 0.6) is 0 Å². The predicted molar refractivity (Wildman–Crippen MR) is 71.6 cm³/mol. The highest BCUT2D eigenvalue weighted by atomic mass is 19.1. The molecule has 0 saturated heterocycles. The number of hydrogen-bond acceptors (Lipinski definition) is 6. The molecule has 0 saturated carbocycles. The van der Waals surface area contributed by atoms with E-state index in [9.17, 15) is 14.0 Å². The first-order chi connectivity index (χ1) is 9.92. The van der Waals surface area contributed by atoms with E-state index >= 15 is 0 Å². The van der Waals surface area contributed by atoms with E-state index in [1.807, 2.05) is 6.07 Å². The van der Waals surface area contributed by atoms with Gasteiger partial charge >= 0.3 is 11.9 Å². The topological polar surface area (TPSA) is 88.4 Å². The van der Waals surface area contributed by atoms with Crippen LogP contribution in [0, 0.1) is 24.1 Å². The number of rotatable bonds is 4. The van der Waals surface area contributed by atoms with E-state index in [0.29, 0.717) is 5.56 Å². The highest BCUT2D eigenvalue weighted by Gasteiger charge is 2.16. The molecule has 0 spiro atoms. The largest absolute Gasteiger partial charge is 0.466 e. The molecule has 0 bridgehead atoms. The molecule has 7 heteroatoms. The van der Waals surface area contributed by atoms with Gasteiger partial charge in [-0.2, -0.15) is 5.26 Å². The molecule has 1 aromatic rings. The van der Waals surface area contributed by atoms with Gasteiger partial charge in [0.05, 0.1) is 31.5 Å². The summed E-state index contributed by atoms with van der Waals surface area (Å²) < 4.78 is 22.4. The van der Waals surface area contributed by atoms with Crippen LogP contribution in [-0.2, 0) is 19.1 Å². The summed E-state index contributed by atoms with van der Waals surface area (Å²) in [5.74, 6) is -2.24. The van der Waals surface area contributed by atoms with Gasteiger partial charge in [0, 0.05) is 0 Å². The zero-order valence-corrected chi connectivity index (χ0v) is 11.7. The van der Waals surface area contributed by atoms with Crippen molar-refractivity contribution in [1.82, 2.24) is 0 Å². The highest BCUT2D eigenvalue weighted by molar-refractivity contribution is 5.99. The summed E-state index contributed by atoms with van der Waals surface area (Å²) in [5, 5.41) is 11.6. The average molecular weight is 292 g/mol. The van der Waals surface area contributed by atoms with Crippen molar-refractivity contribution in [2.24, 2.45) is 0 Å². The van der Waals surface area contributed by atoms with Crippen molar-refractivity contribution in [1.29, 1.82) is 5.26 Å². The fraction of sp³-hybridized carbons (Fsp3) is 0.214. The number of nitrogens with zero attached hydrogens (tertiary/aromatic N) is 1. The van der Waals surface area contributed by atoms with E-state index in [-0.39, 0.29) is 16.9 Å². The number of carbonyl (C=O) groups is 2. The molecule has 0 aromatic heterocycles. The van der Waals surface area contributed by atoms with Crippen LogP contribution in [0.3, 0.4) is 0 Å². The van der Waals surface area contributed by atoms with Gasteiger partial charge in [0.1, 0.15) is 17.6 Å². The molecule has 0 amide bonds. The van der Waals surface area contributed by atoms with Gasteiger partial charge < -0.3 is 14.8 Å². The average Bonchev–Trinajstić information content (AvgIpc) is 2.45. The number of nitrogens with one attached hydrogen (secondary N) is 1. The monoisotopic (exact) mass is 292 g/mol. The molecule has 0 aliphatic rings. The van der Waals surface area contributed by atoms with Gasteiger partial charge in [-0.15, -0.1) is 0 Å². The number of esters is 2. The van der Waals surface area contributed by atoms with Crippen molar-refractivity contribution in [3.05, 3.63) is 40.8 Å². The summed E-state index contributed by atoms with van der Waals surface area (Å²) in [7, 11) is 2.26. The number of hydrogen-bond donors (Lipinski definition) is 1. The van der Waals surface area contributed by atoms with E-state index < -0.39 is 17.8 Å². The SMILES string of the molecule is COC(=O)/C=C(/Nc1cc(F)cc(C)c1C#N)C(=O)OC. The predicted octanol–water partition coefficient (Wildman–Crippen LogP) is 1.65. The third kappa shape index (κ3) is 4.04. The van der Waals surface area contributed by atoms with E-state index in [0.717, 1.165) is 26.4 Å². The third-order valence-electron chi connectivity index (χ3n) is 2.55. The van der Waals surface area contributed by atoms with Crippen molar-refractivity contribution in [3.8, 4) is 6.07 Å². The summed E-state index contributed by atoms with van der Waals surface area (Å²) in [6.07, 6.45) is 0.854. The van der Waals surface area contributed by atoms with Gasteiger partial charge in [-0.25, -0.2) is 14.0 Å². The Balaban J connectivity index is 3.28. The number of carbonyl (C=O) groups excluding carboxylic acids is 2. The molecule has 110 valence electrons. The minimum Gasteiger partial charge on any atom is -0.466 e. The molecular formula is C14H13FN2O4. The summed E-state index contributed by atoms with van der Waals surface area (Å²) in [6, 6.07) is 4.12. The molecule has 1 N–H and O–H groups in total. The Hall–Kier alpha value is -2.88. The molecule has 21 heavy (non-hydrogen) atoms.